The van der Waals surface area contributed by atoms with Gasteiger partial charge in [-0.05, 0) is 251 Å². The van der Waals surface area contributed by atoms with Crippen molar-refractivity contribution >= 4 is 123 Å². The van der Waals surface area contributed by atoms with Crippen LogP contribution in [0.3, 0.4) is 0 Å². The minimum atomic E-state index is -1.36. The summed E-state index contributed by atoms with van der Waals surface area (Å²) < 4.78 is 14.5. The van der Waals surface area contributed by atoms with Gasteiger partial charge in [-0.1, -0.05) is 447 Å². The van der Waals surface area contributed by atoms with Gasteiger partial charge in [0.15, 0.2) is 0 Å². The van der Waals surface area contributed by atoms with Crippen molar-refractivity contribution in [2.75, 3.05) is 85.2 Å². The Labute approximate surface area is 903 Å². The maximum absolute atomic E-state index is 7.08. The minimum absolute atomic E-state index is 0. The molecule has 0 aliphatic heterocycles. The van der Waals surface area contributed by atoms with Gasteiger partial charge in [0.2, 0.25) is 0 Å². The first-order valence-electron chi connectivity index (χ1n) is 55.6. The number of benzene rings is 6. The summed E-state index contributed by atoms with van der Waals surface area (Å²) in [6, 6.07) is 60.9. The molecule has 5 N–H and O–H groups in total. The van der Waals surface area contributed by atoms with Crippen molar-refractivity contribution in [3.05, 3.63) is 212 Å². The molecule has 139 heavy (non-hydrogen) atoms. The van der Waals surface area contributed by atoms with Gasteiger partial charge in [0.05, 0.1) is 35.0 Å². The first-order valence-corrected chi connectivity index (χ1v) is 86.8. The van der Waals surface area contributed by atoms with Crippen LogP contribution in [0.15, 0.2) is 182 Å². The molecule has 0 saturated heterocycles. The van der Waals surface area contributed by atoms with Gasteiger partial charge >= 0.3 is 51.2 Å². The predicted octanol–water partition coefficient (Wildman–Crippen LogP) is 39.8. The van der Waals surface area contributed by atoms with E-state index in [9.17, 15) is 0 Å². The van der Waals surface area contributed by atoms with Crippen LogP contribution in [-0.4, -0.2) is 167 Å². The van der Waals surface area contributed by atoms with Crippen molar-refractivity contribution in [1.29, 1.82) is 0 Å². The van der Waals surface area contributed by atoms with E-state index >= 15 is 0 Å². The van der Waals surface area contributed by atoms with E-state index in [4.69, 9.17) is 19.3 Å². The molecule has 2 radical (unpaired) electrons. The van der Waals surface area contributed by atoms with Crippen molar-refractivity contribution in [3.8, 4) is 0 Å². The Morgan fingerprint density at radius 3 is 0.590 bits per heavy atom. The molecule has 786 valence electrons. The second-order valence-corrected chi connectivity index (χ2v) is 93.5. The molecule has 10 nitrogen and oxygen atoms in total. The van der Waals surface area contributed by atoms with Crippen molar-refractivity contribution in [2.24, 2.45) is 0 Å². The Balaban J connectivity index is 0.000000419. The van der Waals surface area contributed by atoms with Gasteiger partial charge in [0, 0.05) is 51.7 Å². The maximum Gasteiger partial charge on any atom is 3.00 e. The molecule has 0 atom stereocenters. The zero-order chi connectivity index (χ0) is 98.8. The van der Waals surface area contributed by atoms with E-state index in [1.807, 2.05) is 153 Å². The van der Waals surface area contributed by atoms with E-state index in [0.717, 1.165) is 73.4 Å². The molecule has 8 fully saturated rings. The topological polar surface area (TPSA) is 142 Å². The molecular formula is C115H208Fe3N10P4Si7+4. The monoisotopic (exact) mass is 2220 g/mol. The number of hydrogen-bond acceptors (Lipinski definition) is 4. The second-order valence-electron chi connectivity index (χ2n) is 47.8. The Morgan fingerprint density at radius 1 is 0.252 bits per heavy atom. The van der Waals surface area contributed by atoms with E-state index in [2.05, 4.69) is 198 Å². The number of anilines is 4. The molecule has 0 unspecified atom stereocenters. The third-order valence-electron chi connectivity index (χ3n) is 26.9. The van der Waals surface area contributed by atoms with Crippen molar-refractivity contribution in [2.45, 2.75) is 440 Å². The number of para-hydroxylation sites is 6. The zero-order valence-corrected chi connectivity index (χ0v) is 107. The Kier molecular flexibility index (Phi) is 70.8. The van der Waals surface area contributed by atoms with E-state index in [-0.39, 0.29) is 67.0 Å². The third-order valence-corrected chi connectivity index (χ3v) is 59.3. The normalized spacial score (nSPS) is 17.7. The van der Waals surface area contributed by atoms with Crippen molar-refractivity contribution < 1.29 is 51.2 Å². The van der Waals surface area contributed by atoms with Crippen molar-refractivity contribution in [3.63, 3.8) is 0 Å². The quantitative estimate of drug-likeness (QED) is 0.0179. The Bertz CT molecular complexity index is 3170. The third kappa shape index (κ3) is 67.5. The number of nitrogens with one attached hydrogen (secondary N) is 5. The van der Waals surface area contributed by atoms with Crippen LogP contribution < -0.4 is 21.3 Å². The first kappa shape index (κ1) is 132. The van der Waals surface area contributed by atoms with Crippen LogP contribution >= 0.6 is 31.7 Å². The summed E-state index contributed by atoms with van der Waals surface area (Å²) in [5.74, 6) is 0. The fourth-order valence-corrected chi connectivity index (χ4v) is 65.0. The van der Waals surface area contributed by atoms with Gasteiger partial charge < -0.3 is 51.2 Å². The van der Waals surface area contributed by atoms with Gasteiger partial charge in [0.25, 0.3) is 0 Å². The summed E-state index contributed by atoms with van der Waals surface area (Å²) in [7, 11) is -7.49. The Morgan fingerprint density at radius 2 is 0.417 bits per heavy atom. The van der Waals surface area contributed by atoms with Crippen LogP contribution in [0.1, 0.15) is 257 Å². The average molecular weight is 2220 g/mol. The predicted molar refractivity (Wildman–Crippen MR) is 651 cm³/mol. The van der Waals surface area contributed by atoms with Gasteiger partial charge in [0.1, 0.15) is 0 Å². The van der Waals surface area contributed by atoms with E-state index in [0.29, 0.717) is 15.8 Å². The van der Waals surface area contributed by atoms with Crippen LogP contribution in [-0.2, 0) is 51.2 Å². The summed E-state index contributed by atoms with van der Waals surface area (Å²) in [6.45, 7) is 52.5. The van der Waals surface area contributed by atoms with Crippen molar-refractivity contribution in [1.82, 2.24) is 0 Å². The van der Waals surface area contributed by atoms with Gasteiger partial charge in [-0.15, -0.1) is 24.5 Å². The molecule has 8 aliphatic carbocycles. The molecule has 6 aromatic carbocycles. The van der Waals surface area contributed by atoms with Gasteiger partial charge in [-0.25, -0.2) is 0 Å². The second kappa shape index (κ2) is 74.6. The van der Waals surface area contributed by atoms with E-state index < -0.39 is 57.6 Å². The molecule has 0 aromatic heterocycles. The van der Waals surface area contributed by atoms with Crippen LogP contribution in [0.4, 0.5) is 34.1 Å². The number of nitrogens with zero attached hydrogens (tertiary/aromatic N) is 5. The molecule has 0 heterocycles. The molecule has 6 aromatic rings. The molecule has 0 spiro atoms. The van der Waals surface area contributed by atoms with Crippen LogP contribution in [0.5, 0.6) is 0 Å². The van der Waals surface area contributed by atoms with Crippen LogP contribution in [0, 0.1) is 0 Å². The average Bonchev–Trinajstić information content (AvgIpc) is 0.831. The standard InChI is InChI=1S/2C26H48P2.C14H16N2.2C14H15N2.3C6H18NSi2.C3H10NSi.3Fe/c2*1-5-13-23(14-6-1)27(24-15-7-2-8-16-24)21-22-28(25-17-9-3-10-18-25)26-19-11-4-12-20-26;3*1-3-7-13(8-4-1)15-11-12-16-14-9-5-2-6-10-14;3*1-8(2,3)7-9(4,5)6;1-5(2,3)4;;;/h2*23-26H,1-22H2;1-10,15-16H,11-12H2;2*1-10,15H,11-12H2;3*1-6H3;4H,1-3H3;;;/q;;;6*-1;+2;2*+3/p+2. The number of hydrogen-bond donors (Lipinski definition) is 4. The maximum atomic E-state index is 7.08. The van der Waals surface area contributed by atoms with Gasteiger partial charge in [-0.3, -0.25) is 0 Å². The summed E-state index contributed by atoms with van der Waals surface area (Å²) in [5.41, 5.74) is 16.3. The Hall–Kier alpha value is -1.24. The summed E-state index contributed by atoms with van der Waals surface area (Å²) in [6.07, 6.45) is 70.5. The fourth-order valence-electron chi connectivity index (χ4n) is 22.4. The minimum Gasteiger partial charge on any atom is -0.683 e. The summed E-state index contributed by atoms with van der Waals surface area (Å²) in [4.78, 5) is 0. The molecule has 24 heteroatoms. The van der Waals surface area contributed by atoms with E-state index in [1.165, 1.54) is 45.3 Å². The molecule has 8 aliphatic rings. The largest absolute Gasteiger partial charge is 3.00 e. The van der Waals surface area contributed by atoms with Crippen LogP contribution in [0.25, 0.3) is 30.0 Å². The fraction of sp³-hybridized carbons (Fsp3) is 0.687. The summed E-state index contributed by atoms with van der Waals surface area (Å²) >= 11 is 0. The van der Waals surface area contributed by atoms with Crippen LogP contribution in [0.2, 0.25) is 137 Å². The first-order chi connectivity index (χ1) is 64.8. The van der Waals surface area contributed by atoms with E-state index in [1.54, 1.807) is 281 Å². The molecule has 0 bridgehead atoms. The van der Waals surface area contributed by atoms with Gasteiger partial charge in [-0.2, -0.15) is 0 Å². The molecule has 14 rings (SSSR count). The molecule has 8 saturated carbocycles. The zero-order valence-electron chi connectivity index (χ0n) is 92.5. The SMILES string of the molecule is C1CCC(P(CCP(C2CCCCC2)C2CCCCC2)C2CCCCC2)CC1.C1CCC([PH+](CC[PH+](C2CCCCC2)C2CCCCC2)C2CCCCC2)CC1.C[Si](C)(C)[N-][Si](C)(C)C.C[Si](C)(C)[N-][Si](C)(C)C.C[Si](C)(C)[N-][Si](C)(C)C.C[Si](C)(C)[NH-].[Fe+2].[Fe+3].[Fe+3].c1ccc(NCCNc2ccccc2)cc1.c1ccc([N-]CCNc2ccccc2)cc1.c1ccc([N-]CCNc2ccccc2)cc1. The molecule has 0 amide bonds. The summed E-state index contributed by atoms with van der Waals surface area (Å²) in [5, 5.41) is 29.3. The smallest absolute Gasteiger partial charge is 0.683 e. The number of rotatable bonds is 35. The molecular weight excluding hydrogens is 2010 g/mol.